The summed E-state index contributed by atoms with van der Waals surface area (Å²) >= 11 is 0. The van der Waals surface area contributed by atoms with Crippen molar-refractivity contribution in [2.75, 3.05) is 9.80 Å². The van der Waals surface area contributed by atoms with Crippen LogP contribution < -0.4 is 9.80 Å². The van der Waals surface area contributed by atoms with E-state index in [4.69, 9.17) is 0 Å². The Morgan fingerprint density at radius 2 is 1.17 bits per heavy atom. The minimum absolute atomic E-state index is 0.183. The van der Waals surface area contributed by atoms with Gasteiger partial charge in [-0.3, -0.25) is 0 Å². The summed E-state index contributed by atoms with van der Waals surface area (Å²) in [6, 6.07) is 56.6. The number of hydrogen-bond acceptors (Lipinski definition) is 2. The van der Waals surface area contributed by atoms with Gasteiger partial charge in [-0.05, 0) is 101 Å². The van der Waals surface area contributed by atoms with E-state index >= 15 is 0 Å². The summed E-state index contributed by atoms with van der Waals surface area (Å²) in [5.41, 5.74) is 13.0. The predicted molar refractivity (Wildman–Crippen MR) is 200 cm³/mol. The molecule has 2 aliphatic rings. The van der Waals surface area contributed by atoms with Gasteiger partial charge in [0.25, 0.3) is 0 Å². The van der Waals surface area contributed by atoms with Crippen LogP contribution >= 0.6 is 0 Å². The highest BCUT2D eigenvalue weighted by atomic mass is 15.2. The van der Waals surface area contributed by atoms with Crippen molar-refractivity contribution >= 4 is 40.1 Å². The third-order valence-electron chi connectivity index (χ3n) is 9.64. The first kappa shape index (κ1) is 28.6. The van der Waals surface area contributed by atoms with E-state index < -0.39 is 0 Å². The maximum atomic E-state index is 3.93. The van der Waals surface area contributed by atoms with Gasteiger partial charge < -0.3 is 9.80 Å². The van der Waals surface area contributed by atoms with Gasteiger partial charge in [0, 0.05) is 34.4 Å². The number of allylic oxidation sites excluding steroid dienone is 2. The number of benzene rings is 6. The molecule has 0 saturated heterocycles. The van der Waals surface area contributed by atoms with Crippen molar-refractivity contribution in [1.29, 1.82) is 0 Å². The predicted octanol–water partition coefficient (Wildman–Crippen LogP) is 12.1. The average Bonchev–Trinajstić information content (AvgIpc) is 3.40. The Morgan fingerprint density at radius 3 is 1.79 bits per heavy atom. The van der Waals surface area contributed by atoms with E-state index in [1.165, 1.54) is 39.2 Å². The Balaban J connectivity index is 1.20. The second kappa shape index (κ2) is 11.8. The molecular formula is C45H36N2. The molecule has 1 heterocycles. The molecule has 0 aromatic heterocycles. The van der Waals surface area contributed by atoms with Crippen LogP contribution in [0.1, 0.15) is 29.5 Å². The Morgan fingerprint density at radius 1 is 0.617 bits per heavy atom. The van der Waals surface area contributed by atoms with Crippen molar-refractivity contribution in [2.24, 2.45) is 0 Å². The topological polar surface area (TPSA) is 6.48 Å². The molecule has 2 nitrogen and oxygen atoms in total. The number of para-hydroxylation sites is 3. The number of hydrogen-bond donors (Lipinski definition) is 0. The molecule has 0 saturated carbocycles. The lowest BCUT2D eigenvalue weighted by Crippen LogP contribution is -2.42. The van der Waals surface area contributed by atoms with Gasteiger partial charge in [-0.15, -0.1) is 0 Å². The van der Waals surface area contributed by atoms with E-state index in [9.17, 15) is 0 Å². The summed E-state index contributed by atoms with van der Waals surface area (Å²) in [4.78, 5) is 4.82. The fourth-order valence-electron chi connectivity index (χ4n) is 7.23. The lowest BCUT2D eigenvalue weighted by Gasteiger charge is -2.40. The number of anilines is 5. The van der Waals surface area contributed by atoms with Gasteiger partial charge in [0.05, 0.1) is 5.54 Å². The van der Waals surface area contributed by atoms with Crippen molar-refractivity contribution in [1.82, 2.24) is 0 Å². The standard InChI is InChI=1S/C45H36N2/c1-3-33-19-21-34(22-20-33)37-29-30-45(2)43(32-37)42-31-36(25-28-44(42)47(45)41-17-11-6-12-18-41)35-23-26-40(27-24-35)46(38-13-7-4-8-14-38)39-15-9-5-10-16-39/h3-32,43H,1H2,2H3. The van der Waals surface area contributed by atoms with Crippen molar-refractivity contribution in [2.45, 2.75) is 18.4 Å². The quantitative estimate of drug-likeness (QED) is 0.179. The van der Waals surface area contributed by atoms with Crippen LogP contribution in [0.25, 0.3) is 22.8 Å². The molecule has 0 amide bonds. The van der Waals surface area contributed by atoms with Gasteiger partial charge in [0.1, 0.15) is 0 Å². The molecule has 8 rings (SSSR count). The summed E-state index contributed by atoms with van der Waals surface area (Å²) in [6.45, 7) is 6.29. The number of fused-ring (bicyclic) bond motifs is 3. The smallest absolute Gasteiger partial charge is 0.0712 e. The van der Waals surface area contributed by atoms with Gasteiger partial charge in [0.15, 0.2) is 0 Å². The van der Waals surface area contributed by atoms with Crippen molar-refractivity contribution in [3.05, 3.63) is 199 Å². The normalized spacial score (nSPS) is 17.9. The zero-order valence-electron chi connectivity index (χ0n) is 26.5. The van der Waals surface area contributed by atoms with Crippen LogP contribution in [0.4, 0.5) is 28.4 Å². The summed E-state index contributed by atoms with van der Waals surface area (Å²) in [7, 11) is 0. The Labute approximate surface area is 277 Å². The van der Waals surface area contributed by atoms with Crippen LogP contribution in [-0.4, -0.2) is 5.54 Å². The summed E-state index contributed by atoms with van der Waals surface area (Å²) in [6.07, 6.45) is 9.06. The molecule has 2 atom stereocenters. The minimum atomic E-state index is -0.234. The molecule has 0 spiro atoms. The minimum Gasteiger partial charge on any atom is -0.331 e. The molecule has 6 aromatic rings. The second-order valence-electron chi connectivity index (χ2n) is 12.5. The third kappa shape index (κ3) is 5.09. The SMILES string of the molecule is C=Cc1ccc(C2=CC3c4cc(-c5ccc(N(c6ccccc6)c6ccccc6)cc5)ccc4N(c4ccccc4)C3(C)C=C2)cc1. The van der Waals surface area contributed by atoms with Crippen LogP contribution in [0.15, 0.2) is 183 Å². The molecular weight excluding hydrogens is 569 g/mol. The van der Waals surface area contributed by atoms with Crippen LogP contribution in [0.5, 0.6) is 0 Å². The number of nitrogens with zero attached hydrogens (tertiary/aromatic N) is 2. The Kier molecular flexibility index (Phi) is 7.19. The Bertz CT molecular complexity index is 2050. The highest BCUT2D eigenvalue weighted by Gasteiger charge is 2.47. The second-order valence-corrected chi connectivity index (χ2v) is 12.5. The highest BCUT2D eigenvalue weighted by Crippen LogP contribution is 2.56. The van der Waals surface area contributed by atoms with Crippen molar-refractivity contribution < 1.29 is 0 Å². The van der Waals surface area contributed by atoms with Gasteiger partial charge in [-0.25, -0.2) is 0 Å². The van der Waals surface area contributed by atoms with Gasteiger partial charge >= 0.3 is 0 Å². The Hall–Kier alpha value is -5.86. The maximum absolute atomic E-state index is 3.93. The van der Waals surface area contributed by atoms with E-state index in [0.717, 1.165) is 22.6 Å². The molecule has 0 N–H and O–H groups in total. The fraction of sp³-hybridized carbons (Fsp3) is 0.0667. The summed E-state index contributed by atoms with van der Waals surface area (Å²) < 4.78 is 0. The van der Waals surface area contributed by atoms with E-state index in [0.29, 0.717) is 0 Å². The van der Waals surface area contributed by atoms with E-state index in [1.54, 1.807) is 0 Å². The van der Waals surface area contributed by atoms with Crippen molar-refractivity contribution in [3.63, 3.8) is 0 Å². The zero-order chi connectivity index (χ0) is 31.8. The van der Waals surface area contributed by atoms with Crippen molar-refractivity contribution in [3.8, 4) is 11.1 Å². The maximum Gasteiger partial charge on any atom is 0.0712 e. The molecule has 226 valence electrons. The lowest BCUT2D eigenvalue weighted by atomic mass is 9.77. The van der Waals surface area contributed by atoms with Crippen LogP contribution in [-0.2, 0) is 0 Å². The first-order chi connectivity index (χ1) is 23.1. The van der Waals surface area contributed by atoms with E-state index in [2.05, 4.69) is 199 Å². The van der Waals surface area contributed by atoms with Gasteiger partial charge in [-0.2, -0.15) is 0 Å². The van der Waals surface area contributed by atoms with Gasteiger partial charge in [-0.1, -0.05) is 128 Å². The summed E-state index contributed by atoms with van der Waals surface area (Å²) in [5.74, 6) is 0.183. The van der Waals surface area contributed by atoms with Gasteiger partial charge in [0.2, 0.25) is 0 Å². The average molecular weight is 605 g/mol. The van der Waals surface area contributed by atoms with Crippen LogP contribution in [0, 0.1) is 0 Å². The highest BCUT2D eigenvalue weighted by molar-refractivity contribution is 5.86. The molecule has 0 fully saturated rings. The third-order valence-corrected chi connectivity index (χ3v) is 9.64. The molecule has 0 bridgehead atoms. The molecule has 0 radical (unpaired) electrons. The van der Waals surface area contributed by atoms with E-state index in [1.807, 2.05) is 6.08 Å². The lowest BCUT2D eigenvalue weighted by molar-refractivity contribution is 0.544. The van der Waals surface area contributed by atoms with Crippen LogP contribution in [0.3, 0.4) is 0 Å². The molecule has 2 unspecified atom stereocenters. The molecule has 1 aliphatic carbocycles. The molecule has 6 aromatic carbocycles. The summed E-state index contributed by atoms with van der Waals surface area (Å²) in [5, 5.41) is 0. The zero-order valence-corrected chi connectivity index (χ0v) is 26.5. The molecule has 1 aliphatic heterocycles. The monoisotopic (exact) mass is 604 g/mol. The molecule has 47 heavy (non-hydrogen) atoms. The largest absolute Gasteiger partial charge is 0.331 e. The molecule has 2 heteroatoms. The first-order valence-electron chi connectivity index (χ1n) is 16.3. The first-order valence-corrected chi connectivity index (χ1v) is 16.3. The van der Waals surface area contributed by atoms with E-state index in [-0.39, 0.29) is 11.5 Å². The number of rotatable bonds is 7. The fourth-order valence-corrected chi connectivity index (χ4v) is 7.23. The van der Waals surface area contributed by atoms with Crippen LogP contribution in [0.2, 0.25) is 0 Å².